The average molecular weight is 233 g/mol. The second-order valence-electron chi connectivity index (χ2n) is 3.62. The maximum Gasteiger partial charge on any atom is 0.352 e. The number of hydrogen-bond donors (Lipinski definition) is 1. The standard InChI is InChI=1S/C11H11N3O3/c1-13-6-5-8(12-13)7-14-9(11(16)17)3-2-4-10(14)15/h2-6H,7H2,1H3,(H,16,17). The fourth-order valence-corrected chi connectivity index (χ4v) is 1.58. The molecule has 0 aliphatic heterocycles. The predicted molar refractivity (Wildman–Crippen MR) is 60.0 cm³/mol. The lowest BCUT2D eigenvalue weighted by atomic mass is 10.3. The Morgan fingerprint density at radius 2 is 2.18 bits per heavy atom. The number of aryl methyl sites for hydroxylation is 1. The maximum absolute atomic E-state index is 11.6. The lowest BCUT2D eigenvalue weighted by molar-refractivity contribution is 0.0684. The molecular formula is C11H11N3O3. The summed E-state index contributed by atoms with van der Waals surface area (Å²) in [4.78, 5) is 22.6. The van der Waals surface area contributed by atoms with Gasteiger partial charge in [-0.25, -0.2) is 4.79 Å². The van der Waals surface area contributed by atoms with Gasteiger partial charge in [0.15, 0.2) is 0 Å². The van der Waals surface area contributed by atoms with E-state index in [4.69, 9.17) is 5.11 Å². The molecule has 0 fully saturated rings. The highest BCUT2D eigenvalue weighted by atomic mass is 16.4. The first-order valence-corrected chi connectivity index (χ1v) is 4.99. The summed E-state index contributed by atoms with van der Waals surface area (Å²) in [5, 5.41) is 13.1. The zero-order chi connectivity index (χ0) is 12.4. The molecule has 0 aliphatic rings. The van der Waals surface area contributed by atoms with Gasteiger partial charge in [-0.2, -0.15) is 5.10 Å². The molecule has 6 nitrogen and oxygen atoms in total. The molecule has 2 heterocycles. The van der Waals surface area contributed by atoms with E-state index in [1.54, 1.807) is 24.0 Å². The van der Waals surface area contributed by atoms with Crippen molar-refractivity contribution in [1.29, 1.82) is 0 Å². The molecule has 0 amide bonds. The van der Waals surface area contributed by atoms with E-state index in [0.29, 0.717) is 5.69 Å². The molecular weight excluding hydrogens is 222 g/mol. The number of aromatic carboxylic acids is 1. The summed E-state index contributed by atoms with van der Waals surface area (Å²) < 4.78 is 2.79. The Labute approximate surface area is 96.7 Å². The number of pyridine rings is 1. The van der Waals surface area contributed by atoms with Gasteiger partial charge in [0, 0.05) is 19.3 Å². The molecule has 0 aromatic carbocycles. The van der Waals surface area contributed by atoms with Crippen molar-refractivity contribution in [2.45, 2.75) is 6.54 Å². The number of carbonyl (C=O) groups is 1. The highest BCUT2D eigenvalue weighted by molar-refractivity contribution is 5.85. The van der Waals surface area contributed by atoms with E-state index in [0.717, 1.165) is 0 Å². The summed E-state index contributed by atoms with van der Waals surface area (Å²) in [6.45, 7) is 0.155. The first-order valence-electron chi connectivity index (χ1n) is 4.99. The average Bonchev–Trinajstić information content (AvgIpc) is 2.67. The molecule has 17 heavy (non-hydrogen) atoms. The van der Waals surface area contributed by atoms with Crippen LogP contribution in [0.2, 0.25) is 0 Å². The van der Waals surface area contributed by atoms with Gasteiger partial charge in [0.25, 0.3) is 5.56 Å². The van der Waals surface area contributed by atoms with Gasteiger partial charge in [-0.15, -0.1) is 0 Å². The minimum absolute atomic E-state index is 0.0387. The second-order valence-corrected chi connectivity index (χ2v) is 3.62. The summed E-state index contributed by atoms with van der Waals surface area (Å²) in [5.41, 5.74) is 0.252. The third kappa shape index (κ3) is 2.25. The zero-order valence-corrected chi connectivity index (χ0v) is 9.20. The van der Waals surface area contributed by atoms with Crippen LogP contribution in [0, 0.1) is 0 Å². The van der Waals surface area contributed by atoms with Crippen molar-refractivity contribution < 1.29 is 9.90 Å². The Morgan fingerprint density at radius 1 is 1.41 bits per heavy atom. The van der Waals surface area contributed by atoms with Gasteiger partial charge in [0.2, 0.25) is 0 Å². The molecule has 0 unspecified atom stereocenters. The van der Waals surface area contributed by atoms with Crippen LogP contribution >= 0.6 is 0 Å². The lowest BCUT2D eigenvalue weighted by Gasteiger charge is -2.07. The largest absolute Gasteiger partial charge is 0.477 e. The molecule has 0 spiro atoms. The molecule has 2 aromatic rings. The first kappa shape index (κ1) is 11.1. The normalized spacial score (nSPS) is 10.4. The van der Waals surface area contributed by atoms with Gasteiger partial charge in [0.1, 0.15) is 5.69 Å². The van der Waals surface area contributed by atoms with Crippen molar-refractivity contribution in [3.05, 3.63) is 52.2 Å². The van der Waals surface area contributed by atoms with Crippen molar-refractivity contribution in [2.24, 2.45) is 7.05 Å². The number of carboxylic acid groups (broad SMARTS) is 1. The number of hydrogen-bond acceptors (Lipinski definition) is 3. The summed E-state index contributed by atoms with van der Waals surface area (Å²) in [7, 11) is 1.76. The van der Waals surface area contributed by atoms with E-state index in [-0.39, 0.29) is 17.8 Å². The molecule has 0 bridgehead atoms. The number of nitrogens with zero attached hydrogens (tertiary/aromatic N) is 3. The third-order valence-electron chi connectivity index (χ3n) is 2.36. The number of carboxylic acids is 1. The van der Waals surface area contributed by atoms with Gasteiger partial charge in [0.05, 0.1) is 12.2 Å². The van der Waals surface area contributed by atoms with E-state index in [1.807, 2.05) is 0 Å². The Kier molecular flexibility index (Phi) is 2.78. The number of rotatable bonds is 3. The summed E-state index contributed by atoms with van der Waals surface area (Å²) in [6, 6.07) is 5.90. The van der Waals surface area contributed by atoms with E-state index in [2.05, 4.69) is 5.10 Å². The van der Waals surface area contributed by atoms with Crippen LogP contribution in [0.3, 0.4) is 0 Å². The molecule has 6 heteroatoms. The zero-order valence-electron chi connectivity index (χ0n) is 9.20. The van der Waals surface area contributed by atoms with Crippen LogP contribution in [-0.2, 0) is 13.6 Å². The van der Waals surface area contributed by atoms with E-state index in [9.17, 15) is 9.59 Å². The first-order chi connectivity index (χ1) is 8.08. The van der Waals surface area contributed by atoms with Crippen LogP contribution in [0.25, 0.3) is 0 Å². The second kappa shape index (κ2) is 4.25. The van der Waals surface area contributed by atoms with Crippen LogP contribution in [0.15, 0.2) is 35.3 Å². The maximum atomic E-state index is 11.6. The van der Waals surface area contributed by atoms with Crippen LogP contribution in [0.1, 0.15) is 16.2 Å². The molecule has 0 atom stereocenters. The number of aromatic nitrogens is 3. The Bertz CT molecular complexity index is 612. The van der Waals surface area contributed by atoms with Crippen molar-refractivity contribution in [3.8, 4) is 0 Å². The van der Waals surface area contributed by atoms with Crippen LogP contribution in [0.4, 0.5) is 0 Å². The van der Waals surface area contributed by atoms with Gasteiger partial charge in [-0.3, -0.25) is 14.0 Å². The van der Waals surface area contributed by atoms with Crippen molar-refractivity contribution in [1.82, 2.24) is 14.3 Å². The fraction of sp³-hybridized carbons (Fsp3) is 0.182. The van der Waals surface area contributed by atoms with Gasteiger partial charge in [-0.1, -0.05) is 6.07 Å². The molecule has 2 aromatic heterocycles. The molecule has 0 radical (unpaired) electrons. The smallest absolute Gasteiger partial charge is 0.352 e. The Morgan fingerprint density at radius 3 is 2.76 bits per heavy atom. The topological polar surface area (TPSA) is 77.1 Å². The van der Waals surface area contributed by atoms with Gasteiger partial charge < -0.3 is 5.11 Å². The lowest BCUT2D eigenvalue weighted by Crippen LogP contribution is -2.25. The van der Waals surface area contributed by atoms with Crippen LogP contribution in [0.5, 0.6) is 0 Å². The minimum Gasteiger partial charge on any atom is -0.477 e. The molecule has 0 aliphatic carbocycles. The van der Waals surface area contributed by atoms with Gasteiger partial charge >= 0.3 is 5.97 Å². The molecule has 88 valence electrons. The van der Waals surface area contributed by atoms with Crippen LogP contribution in [-0.4, -0.2) is 25.4 Å². The highest BCUT2D eigenvalue weighted by Crippen LogP contribution is 2.02. The SMILES string of the molecule is Cn1ccc(Cn2c(C(=O)O)cccc2=O)n1. The Hall–Kier alpha value is -2.37. The molecule has 2 rings (SSSR count). The van der Waals surface area contributed by atoms with E-state index in [1.165, 1.54) is 22.8 Å². The molecule has 0 saturated carbocycles. The summed E-state index contributed by atoms with van der Waals surface area (Å²) in [6.07, 6.45) is 1.74. The Balaban J connectivity index is 2.44. The van der Waals surface area contributed by atoms with Gasteiger partial charge in [-0.05, 0) is 12.1 Å². The monoisotopic (exact) mass is 233 g/mol. The summed E-state index contributed by atoms with van der Waals surface area (Å²) in [5.74, 6) is -1.13. The summed E-state index contributed by atoms with van der Waals surface area (Å²) >= 11 is 0. The minimum atomic E-state index is -1.13. The van der Waals surface area contributed by atoms with E-state index < -0.39 is 5.97 Å². The predicted octanol–water partition coefficient (Wildman–Crippen LogP) is 0.328. The highest BCUT2D eigenvalue weighted by Gasteiger charge is 2.11. The van der Waals surface area contributed by atoms with Crippen molar-refractivity contribution in [3.63, 3.8) is 0 Å². The molecule has 0 saturated heterocycles. The fourth-order valence-electron chi connectivity index (χ4n) is 1.58. The van der Waals surface area contributed by atoms with Crippen molar-refractivity contribution in [2.75, 3.05) is 0 Å². The molecule has 1 N–H and O–H groups in total. The van der Waals surface area contributed by atoms with Crippen LogP contribution < -0.4 is 5.56 Å². The van der Waals surface area contributed by atoms with E-state index >= 15 is 0 Å². The quantitative estimate of drug-likeness (QED) is 0.828. The third-order valence-corrected chi connectivity index (χ3v) is 2.36. The van der Waals surface area contributed by atoms with Crippen molar-refractivity contribution >= 4 is 5.97 Å².